The van der Waals surface area contributed by atoms with Crippen molar-refractivity contribution in [2.45, 2.75) is 12.3 Å². The highest BCUT2D eigenvalue weighted by molar-refractivity contribution is 6.13. The number of hydrogen-bond donors (Lipinski definition) is 2. The highest BCUT2D eigenvalue weighted by atomic mass is 16.5. The van der Waals surface area contributed by atoms with Crippen LogP contribution in [0, 0.1) is 0 Å². The van der Waals surface area contributed by atoms with Gasteiger partial charge in [0, 0.05) is 39.2 Å². The monoisotopic (exact) mass is 694 g/mol. The van der Waals surface area contributed by atoms with Crippen LogP contribution in [0.25, 0.3) is 60.5 Å². The van der Waals surface area contributed by atoms with Gasteiger partial charge in [-0.15, -0.1) is 0 Å². The number of fused-ring (bicyclic) bond motifs is 10. The van der Waals surface area contributed by atoms with Gasteiger partial charge < -0.3 is 14.6 Å². The maximum Gasteiger partial charge on any atom is 0.137 e. The van der Waals surface area contributed by atoms with E-state index in [1.54, 1.807) is 0 Å². The van der Waals surface area contributed by atoms with E-state index in [4.69, 9.17) is 9.73 Å². The van der Waals surface area contributed by atoms with Crippen LogP contribution in [0.1, 0.15) is 29.0 Å². The van der Waals surface area contributed by atoms with Gasteiger partial charge in [0.1, 0.15) is 29.7 Å². The van der Waals surface area contributed by atoms with Crippen LogP contribution in [0.2, 0.25) is 0 Å². The van der Waals surface area contributed by atoms with Gasteiger partial charge in [-0.1, -0.05) is 146 Å². The zero-order chi connectivity index (χ0) is 35.6. The second kappa shape index (κ2) is 12.3. The smallest absolute Gasteiger partial charge is 0.137 e. The number of nitrogens with zero attached hydrogens (tertiary/aromatic N) is 2. The molecule has 0 saturated heterocycles. The first-order valence-corrected chi connectivity index (χ1v) is 18.4. The van der Waals surface area contributed by atoms with Crippen LogP contribution < -0.4 is 15.4 Å². The van der Waals surface area contributed by atoms with Crippen LogP contribution in [-0.4, -0.2) is 10.4 Å². The predicted octanol–water partition coefficient (Wildman–Crippen LogP) is 11.7. The van der Waals surface area contributed by atoms with Gasteiger partial charge in [-0.3, -0.25) is 5.32 Å². The van der Waals surface area contributed by atoms with E-state index in [1.807, 2.05) is 12.1 Å². The number of benzene rings is 8. The van der Waals surface area contributed by atoms with Gasteiger partial charge >= 0.3 is 0 Å². The Morgan fingerprint density at radius 3 is 2.04 bits per heavy atom. The first-order valence-electron chi connectivity index (χ1n) is 18.4. The summed E-state index contributed by atoms with van der Waals surface area (Å²) in [5.74, 6) is 2.58. The molecule has 2 atom stereocenters. The third-order valence-corrected chi connectivity index (χ3v) is 10.9. The van der Waals surface area contributed by atoms with Crippen LogP contribution in [0.5, 0.6) is 11.5 Å². The normalized spacial score (nSPS) is 16.1. The second-order valence-electron chi connectivity index (χ2n) is 14.0. The Balaban J connectivity index is 1.04. The predicted molar refractivity (Wildman–Crippen MR) is 220 cm³/mol. The van der Waals surface area contributed by atoms with Crippen molar-refractivity contribution in [2.24, 2.45) is 4.99 Å². The number of aromatic nitrogens is 1. The lowest BCUT2D eigenvalue weighted by atomic mass is 9.91. The van der Waals surface area contributed by atoms with Gasteiger partial charge in [0.15, 0.2) is 0 Å². The van der Waals surface area contributed by atoms with Crippen molar-refractivity contribution >= 4 is 38.4 Å². The third kappa shape index (κ3) is 4.94. The minimum atomic E-state index is -0.237. The minimum absolute atomic E-state index is 0.0931. The van der Waals surface area contributed by atoms with Gasteiger partial charge in [-0.2, -0.15) is 0 Å². The Hall–Kier alpha value is -6.95. The van der Waals surface area contributed by atoms with Crippen molar-refractivity contribution in [1.29, 1.82) is 0 Å². The van der Waals surface area contributed by atoms with E-state index >= 15 is 0 Å². The molecule has 256 valence electrons. The molecule has 9 aromatic rings. The van der Waals surface area contributed by atoms with Crippen LogP contribution >= 0.6 is 0 Å². The van der Waals surface area contributed by atoms with E-state index in [2.05, 4.69) is 185 Å². The average Bonchev–Trinajstić information content (AvgIpc) is 3.49. The largest absolute Gasteiger partial charge is 0.456 e. The number of rotatable bonds is 4. The molecule has 2 aliphatic rings. The summed E-state index contributed by atoms with van der Waals surface area (Å²) in [5.41, 5.74) is 11.2. The van der Waals surface area contributed by atoms with Gasteiger partial charge in [-0.05, 0) is 63.4 Å². The summed E-state index contributed by atoms with van der Waals surface area (Å²) < 4.78 is 9.30. The van der Waals surface area contributed by atoms with Crippen molar-refractivity contribution < 1.29 is 4.74 Å². The standard InChI is InChI=1S/C49H34N4O/c1-3-14-32(15-4-1)47-50-48(33-16-5-2-6-17-33)52-49(51-47)34-23-26-35(27-24-34)53-42-22-12-11-20-38(42)40-29-41-37-19-9-10-21-39(37)46-36-18-8-7-13-31(36)25-28-44(46)54-45(41)30-43(40)53/h1-30,47,49,51H,(H,50,52). The van der Waals surface area contributed by atoms with Crippen LogP contribution in [-0.2, 0) is 0 Å². The topological polar surface area (TPSA) is 50.6 Å². The lowest BCUT2D eigenvalue weighted by Gasteiger charge is -2.32. The fraction of sp³-hybridized carbons (Fsp3) is 0.0408. The molecule has 0 saturated carbocycles. The fourth-order valence-electron chi connectivity index (χ4n) is 8.33. The molecular weight excluding hydrogens is 661 g/mol. The quantitative estimate of drug-likeness (QED) is 0.193. The molecule has 11 rings (SSSR count). The summed E-state index contributed by atoms with van der Waals surface area (Å²) in [6.45, 7) is 0. The molecule has 0 spiro atoms. The Kier molecular flexibility index (Phi) is 7.00. The van der Waals surface area contributed by atoms with E-state index in [1.165, 1.54) is 32.7 Å². The zero-order valence-corrected chi connectivity index (χ0v) is 29.3. The van der Waals surface area contributed by atoms with E-state index in [-0.39, 0.29) is 12.3 Å². The number of nitrogens with one attached hydrogen (secondary N) is 2. The maximum atomic E-state index is 6.94. The van der Waals surface area contributed by atoms with E-state index in [9.17, 15) is 0 Å². The summed E-state index contributed by atoms with van der Waals surface area (Å²) in [4.78, 5) is 5.17. The lowest BCUT2D eigenvalue weighted by Crippen LogP contribution is -2.44. The van der Waals surface area contributed by atoms with Crippen LogP contribution in [0.15, 0.2) is 187 Å². The van der Waals surface area contributed by atoms with E-state index in [0.29, 0.717) is 0 Å². The van der Waals surface area contributed by atoms with Gasteiger partial charge in [0.2, 0.25) is 0 Å². The molecule has 5 heteroatoms. The number of aliphatic imine (C=N–C) groups is 1. The molecule has 0 aliphatic carbocycles. The molecule has 0 radical (unpaired) electrons. The number of hydrogen-bond acceptors (Lipinski definition) is 4. The Morgan fingerprint density at radius 2 is 1.20 bits per heavy atom. The van der Waals surface area contributed by atoms with Crippen molar-refractivity contribution in [2.75, 3.05) is 0 Å². The third-order valence-electron chi connectivity index (χ3n) is 10.9. The number of ether oxygens (including phenoxy) is 1. The molecule has 8 aromatic carbocycles. The van der Waals surface area contributed by atoms with Crippen molar-refractivity contribution in [3.05, 3.63) is 199 Å². The molecule has 5 nitrogen and oxygen atoms in total. The number of para-hydroxylation sites is 1. The molecule has 0 fully saturated rings. The summed E-state index contributed by atoms with van der Waals surface area (Å²) in [6, 6.07) is 64.4. The van der Waals surface area contributed by atoms with E-state index in [0.717, 1.165) is 61.9 Å². The SMILES string of the molecule is c1ccc(C2=NC(c3ccc(-n4c5ccccc5c5cc6c(cc54)Oc4ccc5ccccc5c4-c4ccccc4-6)cc3)NC(c3ccccc3)N2)cc1. The first kappa shape index (κ1) is 30.7. The molecule has 3 heterocycles. The average molecular weight is 695 g/mol. The summed E-state index contributed by atoms with van der Waals surface area (Å²) in [7, 11) is 0. The Bertz CT molecular complexity index is 2910. The maximum absolute atomic E-state index is 6.94. The fourth-order valence-corrected chi connectivity index (χ4v) is 8.33. The zero-order valence-electron chi connectivity index (χ0n) is 29.3. The van der Waals surface area contributed by atoms with Gasteiger partial charge in [-0.25, -0.2) is 4.99 Å². The van der Waals surface area contributed by atoms with Crippen LogP contribution in [0.3, 0.4) is 0 Å². The van der Waals surface area contributed by atoms with Crippen molar-refractivity contribution in [3.63, 3.8) is 0 Å². The number of amidine groups is 1. The Morgan fingerprint density at radius 1 is 0.500 bits per heavy atom. The summed E-state index contributed by atoms with van der Waals surface area (Å²) >= 11 is 0. The molecule has 0 amide bonds. The molecule has 2 unspecified atom stereocenters. The molecular formula is C49H34N4O. The molecule has 2 N–H and O–H groups in total. The molecule has 2 aliphatic heterocycles. The Labute approximate surface area is 312 Å². The minimum Gasteiger partial charge on any atom is -0.456 e. The summed E-state index contributed by atoms with van der Waals surface area (Å²) in [5, 5.41) is 12.2. The lowest BCUT2D eigenvalue weighted by molar-refractivity contribution is 0.409. The highest BCUT2D eigenvalue weighted by Crippen LogP contribution is 2.51. The van der Waals surface area contributed by atoms with Gasteiger partial charge in [0.05, 0.1) is 11.0 Å². The molecule has 0 bridgehead atoms. The molecule has 1 aromatic heterocycles. The second-order valence-corrected chi connectivity index (χ2v) is 14.0. The van der Waals surface area contributed by atoms with Crippen molar-refractivity contribution in [1.82, 2.24) is 15.2 Å². The van der Waals surface area contributed by atoms with Crippen molar-refractivity contribution in [3.8, 4) is 39.4 Å². The van der Waals surface area contributed by atoms with Gasteiger partial charge in [0.25, 0.3) is 0 Å². The van der Waals surface area contributed by atoms with E-state index < -0.39 is 0 Å². The van der Waals surface area contributed by atoms with Crippen LogP contribution in [0.4, 0.5) is 0 Å². The first-order chi connectivity index (χ1) is 26.8. The highest BCUT2D eigenvalue weighted by Gasteiger charge is 2.27. The molecule has 54 heavy (non-hydrogen) atoms. The summed E-state index contributed by atoms with van der Waals surface area (Å²) in [6.07, 6.45) is -0.330.